The van der Waals surface area contributed by atoms with Gasteiger partial charge >= 0.3 is 12.0 Å². The van der Waals surface area contributed by atoms with Crippen molar-refractivity contribution in [2.45, 2.75) is 19.4 Å². The Labute approximate surface area is 133 Å². The predicted molar refractivity (Wildman–Crippen MR) is 84.2 cm³/mol. The molecule has 2 atom stereocenters. The van der Waals surface area contributed by atoms with E-state index in [9.17, 15) is 14.0 Å². The third-order valence-electron chi connectivity index (χ3n) is 4.28. The number of benzene rings is 2. The molecule has 0 aliphatic carbocycles. The van der Waals surface area contributed by atoms with Crippen LogP contribution in [0.3, 0.4) is 0 Å². The Morgan fingerprint density at radius 2 is 1.83 bits per heavy atom. The molecule has 2 aromatic carbocycles. The van der Waals surface area contributed by atoms with Crippen molar-refractivity contribution in [3.05, 3.63) is 66.0 Å². The molecule has 5 heteroatoms. The van der Waals surface area contributed by atoms with Crippen LogP contribution in [0.2, 0.25) is 0 Å². The molecular weight excluding hydrogens is 297 g/mol. The highest BCUT2D eigenvalue weighted by molar-refractivity contribution is 6.06. The molecule has 1 aliphatic heterocycles. The average molecular weight is 314 g/mol. The van der Waals surface area contributed by atoms with Crippen molar-refractivity contribution in [2.75, 3.05) is 6.61 Å². The largest absolute Gasteiger partial charge is 0.529 e. The maximum atomic E-state index is 13.2. The summed E-state index contributed by atoms with van der Waals surface area (Å²) >= 11 is 0. The lowest BCUT2D eigenvalue weighted by atomic mass is 10.0. The number of quaternary nitrogens is 1. The molecule has 2 amide bonds. The molecule has 1 fully saturated rings. The summed E-state index contributed by atoms with van der Waals surface area (Å²) in [6.45, 7) is 1.53. The number of carbonyl (C=O) groups is 2. The highest BCUT2D eigenvalue weighted by Crippen LogP contribution is 2.34. The van der Waals surface area contributed by atoms with Gasteiger partial charge in [0.2, 0.25) is 0 Å². The second-order valence-electron chi connectivity index (χ2n) is 5.64. The first-order valence-electron chi connectivity index (χ1n) is 7.42. The molecule has 1 unspecified atom stereocenters. The van der Waals surface area contributed by atoms with E-state index in [1.165, 1.54) is 31.2 Å². The summed E-state index contributed by atoms with van der Waals surface area (Å²) in [6.07, 6.45) is -0.0890. The molecule has 1 saturated heterocycles. The first-order chi connectivity index (χ1) is 11.0. The topological polar surface area (TPSA) is 43.4 Å². The highest BCUT2D eigenvalue weighted by atomic mass is 19.1. The average Bonchev–Trinajstić information content (AvgIpc) is 2.87. The van der Waals surface area contributed by atoms with E-state index in [-0.39, 0.29) is 18.6 Å². The van der Waals surface area contributed by atoms with Gasteiger partial charge in [0.05, 0.1) is 6.92 Å². The van der Waals surface area contributed by atoms with Crippen LogP contribution < -0.4 is 4.48 Å². The summed E-state index contributed by atoms with van der Waals surface area (Å²) in [4.78, 5) is 24.9. The summed E-state index contributed by atoms with van der Waals surface area (Å²) in [5, 5.41) is 0. The van der Waals surface area contributed by atoms with Crippen molar-refractivity contribution in [1.82, 2.24) is 4.48 Å². The minimum atomic E-state index is -0.606. The zero-order valence-corrected chi connectivity index (χ0v) is 12.7. The summed E-state index contributed by atoms with van der Waals surface area (Å²) in [5.41, 5.74) is 1.45. The van der Waals surface area contributed by atoms with E-state index < -0.39 is 16.4 Å². The molecule has 1 heterocycles. The van der Waals surface area contributed by atoms with E-state index >= 15 is 0 Å². The number of halogens is 1. The van der Waals surface area contributed by atoms with Gasteiger partial charge in [0, 0.05) is 18.6 Å². The molecular formula is C18H17FNO3+. The SMILES string of the molecule is CC(=O)[N@+]1(c2ccc(F)cc2)C(=O)OCC1Cc1ccccc1. The minimum Gasteiger partial charge on any atom is -0.413 e. The van der Waals surface area contributed by atoms with E-state index in [0.29, 0.717) is 12.1 Å². The quantitative estimate of drug-likeness (QED) is 0.815. The van der Waals surface area contributed by atoms with Crippen LogP contribution in [-0.4, -0.2) is 24.6 Å². The lowest BCUT2D eigenvalue weighted by Crippen LogP contribution is -2.60. The molecule has 0 bridgehead atoms. The Morgan fingerprint density at radius 1 is 1.17 bits per heavy atom. The third kappa shape index (κ3) is 2.53. The monoisotopic (exact) mass is 314 g/mol. The van der Waals surface area contributed by atoms with Crippen molar-refractivity contribution in [1.29, 1.82) is 0 Å². The van der Waals surface area contributed by atoms with Gasteiger partial charge in [0.15, 0.2) is 18.3 Å². The second-order valence-corrected chi connectivity index (χ2v) is 5.64. The van der Waals surface area contributed by atoms with Crippen LogP contribution in [0.5, 0.6) is 0 Å². The van der Waals surface area contributed by atoms with Gasteiger partial charge in [-0.15, -0.1) is 4.48 Å². The smallest absolute Gasteiger partial charge is 0.413 e. The summed E-state index contributed by atoms with van der Waals surface area (Å²) < 4.78 is 17.9. The highest BCUT2D eigenvalue weighted by Gasteiger charge is 2.58. The number of imide groups is 1. The fraction of sp³-hybridized carbons (Fsp3) is 0.222. The second kappa shape index (κ2) is 5.93. The first kappa shape index (κ1) is 15.4. The number of rotatable bonds is 3. The Bertz CT molecular complexity index is 730. The summed E-state index contributed by atoms with van der Waals surface area (Å²) in [7, 11) is 0. The molecule has 118 valence electrons. The zero-order chi connectivity index (χ0) is 16.4. The molecule has 1 aliphatic rings. The Balaban J connectivity index is 2.06. The van der Waals surface area contributed by atoms with Crippen LogP contribution in [0.1, 0.15) is 12.5 Å². The van der Waals surface area contributed by atoms with Crippen molar-refractivity contribution in [3.8, 4) is 0 Å². The van der Waals surface area contributed by atoms with Gasteiger partial charge in [-0.2, -0.15) is 4.79 Å². The van der Waals surface area contributed by atoms with Crippen LogP contribution in [0.25, 0.3) is 0 Å². The fourth-order valence-corrected chi connectivity index (χ4v) is 3.17. The van der Waals surface area contributed by atoms with Gasteiger partial charge in [-0.25, -0.2) is 9.18 Å². The maximum Gasteiger partial charge on any atom is 0.529 e. The Kier molecular flexibility index (Phi) is 3.96. The molecule has 23 heavy (non-hydrogen) atoms. The molecule has 3 rings (SSSR count). The molecule has 4 nitrogen and oxygen atoms in total. The molecule has 0 spiro atoms. The zero-order valence-electron chi connectivity index (χ0n) is 12.7. The van der Waals surface area contributed by atoms with E-state index in [1.807, 2.05) is 30.3 Å². The lowest BCUT2D eigenvalue weighted by molar-refractivity contribution is -0.126. The van der Waals surface area contributed by atoms with Gasteiger partial charge < -0.3 is 4.74 Å². The van der Waals surface area contributed by atoms with Crippen LogP contribution >= 0.6 is 0 Å². The molecule has 0 radical (unpaired) electrons. The lowest BCUT2D eigenvalue weighted by Gasteiger charge is -2.30. The van der Waals surface area contributed by atoms with Gasteiger partial charge in [-0.1, -0.05) is 30.3 Å². The first-order valence-corrected chi connectivity index (χ1v) is 7.42. The molecule has 0 aromatic heterocycles. The van der Waals surface area contributed by atoms with E-state index in [4.69, 9.17) is 4.74 Å². The van der Waals surface area contributed by atoms with E-state index in [1.54, 1.807) is 0 Å². The van der Waals surface area contributed by atoms with Crippen molar-refractivity contribution in [3.63, 3.8) is 0 Å². The van der Waals surface area contributed by atoms with Gasteiger partial charge in [-0.3, -0.25) is 0 Å². The van der Waals surface area contributed by atoms with E-state index in [2.05, 4.69) is 0 Å². The van der Waals surface area contributed by atoms with Crippen LogP contribution in [0, 0.1) is 5.82 Å². The predicted octanol–water partition coefficient (Wildman–Crippen LogP) is 3.44. The number of nitrogens with zero attached hydrogens (tertiary/aromatic N) is 1. The molecule has 0 N–H and O–H groups in total. The van der Waals surface area contributed by atoms with Gasteiger partial charge in [0.1, 0.15) is 5.82 Å². The third-order valence-corrected chi connectivity index (χ3v) is 4.28. The number of cyclic esters (lactones) is 1. The number of carbonyl (C=O) groups excluding carboxylic acids is 2. The van der Waals surface area contributed by atoms with Crippen LogP contribution in [0.4, 0.5) is 14.9 Å². The molecule has 0 saturated carbocycles. The summed E-state index contributed by atoms with van der Waals surface area (Å²) in [6, 6.07) is 14.7. The minimum absolute atomic E-state index is 0.157. The van der Waals surface area contributed by atoms with Crippen molar-refractivity contribution >= 4 is 17.7 Å². The number of ether oxygens (including phenoxy) is 1. The van der Waals surface area contributed by atoms with Gasteiger partial charge in [-0.05, 0) is 17.7 Å². The fourth-order valence-electron chi connectivity index (χ4n) is 3.17. The number of hydrogen-bond donors (Lipinski definition) is 0. The van der Waals surface area contributed by atoms with Crippen molar-refractivity contribution in [2.24, 2.45) is 0 Å². The van der Waals surface area contributed by atoms with E-state index in [0.717, 1.165) is 5.56 Å². The van der Waals surface area contributed by atoms with Crippen LogP contribution in [0.15, 0.2) is 54.6 Å². The number of hydrogen-bond acceptors (Lipinski definition) is 3. The Morgan fingerprint density at radius 3 is 2.43 bits per heavy atom. The standard InChI is InChI=1S/C18H17FNO3/c1-13(21)20(16-9-7-15(19)8-10-16)17(12-23-18(20)22)11-14-5-3-2-4-6-14/h2-10,17H,11-12H2,1H3/q+1/t17?,20-/m1/s1. The number of amides is 2. The van der Waals surface area contributed by atoms with Gasteiger partial charge in [0.25, 0.3) is 0 Å². The summed E-state index contributed by atoms with van der Waals surface area (Å²) in [5.74, 6) is -0.748. The van der Waals surface area contributed by atoms with Crippen LogP contribution in [-0.2, 0) is 16.0 Å². The molecule has 2 aromatic rings. The normalized spacial score (nSPS) is 23.6. The van der Waals surface area contributed by atoms with Crippen molar-refractivity contribution < 1.29 is 18.7 Å². The Hall–Kier alpha value is -2.53. The maximum absolute atomic E-state index is 13.2.